The Kier molecular flexibility index (Phi) is 1.87. The summed E-state index contributed by atoms with van der Waals surface area (Å²) in [5, 5.41) is 2.13. The van der Waals surface area contributed by atoms with Crippen LogP contribution in [0, 0.1) is 12.8 Å². The van der Waals surface area contributed by atoms with E-state index in [1.807, 2.05) is 6.21 Å². The second kappa shape index (κ2) is 3.09. The minimum atomic E-state index is 0.411. The minimum Gasteiger partial charge on any atom is -0.489 e. The van der Waals surface area contributed by atoms with Crippen LogP contribution < -0.4 is 4.74 Å². The summed E-state index contributed by atoms with van der Waals surface area (Å²) >= 11 is 1.73. The molecule has 0 saturated heterocycles. The van der Waals surface area contributed by atoms with E-state index in [2.05, 4.69) is 17.3 Å². The van der Waals surface area contributed by atoms with Gasteiger partial charge in [-0.3, -0.25) is 4.99 Å². The molecule has 1 aliphatic heterocycles. The van der Waals surface area contributed by atoms with Crippen molar-refractivity contribution in [1.82, 2.24) is 0 Å². The summed E-state index contributed by atoms with van der Waals surface area (Å²) < 4.78 is 5.82. The van der Waals surface area contributed by atoms with E-state index in [-0.39, 0.29) is 0 Å². The van der Waals surface area contributed by atoms with E-state index in [4.69, 9.17) is 4.74 Å². The first kappa shape index (κ1) is 8.48. The van der Waals surface area contributed by atoms with Crippen molar-refractivity contribution in [2.24, 2.45) is 10.9 Å². The maximum Gasteiger partial charge on any atom is 0.141 e. The molecule has 1 aromatic rings. The summed E-state index contributed by atoms with van der Waals surface area (Å²) in [5.41, 5.74) is 1.24. The highest BCUT2D eigenvalue weighted by Gasteiger charge is 2.32. The van der Waals surface area contributed by atoms with Gasteiger partial charge < -0.3 is 4.74 Å². The van der Waals surface area contributed by atoms with Gasteiger partial charge in [0, 0.05) is 11.8 Å². The quantitative estimate of drug-likeness (QED) is 0.693. The van der Waals surface area contributed by atoms with Crippen LogP contribution in [0.2, 0.25) is 0 Å². The molecule has 0 amide bonds. The van der Waals surface area contributed by atoms with Crippen LogP contribution in [0.1, 0.15) is 23.3 Å². The maximum absolute atomic E-state index is 5.82. The molecule has 0 spiro atoms. The number of nitrogens with zero attached hydrogens (tertiary/aromatic N) is 1. The molecule has 3 rings (SSSR count). The molecule has 2 heterocycles. The summed E-state index contributed by atoms with van der Waals surface area (Å²) in [5.74, 6) is 1.85. The number of fused-ring (bicyclic) bond motifs is 1. The van der Waals surface area contributed by atoms with Crippen LogP contribution in [0.25, 0.3) is 0 Å². The fourth-order valence-electron chi connectivity index (χ4n) is 1.84. The number of rotatable bonds is 1. The summed E-state index contributed by atoms with van der Waals surface area (Å²) in [7, 11) is 0. The zero-order valence-electron chi connectivity index (χ0n) is 8.19. The second-order valence-electron chi connectivity index (χ2n) is 4.11. The van der Waals surface area contributed by atoms with Crippen LogP contribution >= 0.6 is 11.3 Å². The van der Waals surface area contributed by atoms with Crippen molar-refractivity contribution in [3.05, 3.63) is 15.8 Å². The maximum atomic E-state index is 5.82. The minimum absolute atomic E-state index is 0.411. The monoisotopic (exact) mass is 207 g/mol. The van der Waals surface area contributed by atoms with Gasteiger partial charge in [0.05, 0.1) is 10.9 Å². The van der Waals surface area contributed by atoms with Crippen molar-refractivity contribution in [2.45, 2.75) is 25.8 Å². The number of aliphatic imine (C=N–C) groups is 1. The van der Waals surface area contributed by atoms with Gasteiger partial charge in [0.25, 0.3) is 0 Å². The average Bonchev–Trinajstić information content (AvgIpc) is 2.97. The van der Waals surface area contributed by atoms with Crippen LogP contribution in [0.3, 0.4) is 0 Å². The Morgan fingerprint density at radius 3 is 3.14 bits per heavy atom. The van der Waals surface area contributed by atoms with E-state index in [1.54, 1.807) is 11.3 Å². The molecule has 0 N–H and O–H groups in total. The molecule has 14 heavy (non-hydrogen) atoms. The molecule has 0 bridgehead atoms. The molecule has 74 valence electrons. The molecule has 1 saturated carbocycles. The molecule has 0 aromatic carbocycles. The van der Waals surface area contributed by atoms with E-state index in [0.717, 1.165) is 18.3 Å². The molecule has 0 radical (unpaired) electrons. The largest absolute Gasteiger partial charge is 0.489 e. The van der Waals surface area contributed by atoms with Gasteiger partial charge in [-0.05, 0) is 31.1 Å². The third kappa shape index (κ3) is 1.36. The normalized spacial score (nSPS) is 25.4. The number of hydrogen-bond donors (Lipinski definition) is 0. The fraction of sp³-hybridized carbons (Fsp3) is 0.545. The molecular weight excluding hydrogens is 194 g/mol. The van der Waals surface area contributed by atoms with Crippen LogP contribution in [0.4, 0.5) is 0 Å². The third-order valence-electron chi connectivity index (χ3n) is 2.89. The summed E-state index contributed by atoms with van der Waals surface area (Å²) in [4.78, 5) is 5.79. The van der Waals surface area contributed by atoms with Crippen molar-refractivity contribution in [3.8, 4) is 5.75 Å². The Balaban J connectivity index is 1.89. The van der Waals surface area contributed by atoms with E-state index in [0.29, 0.717) is 6.04 Å². The van der Waals surface area contributed by atoms with Crippen LogP contribution in [-0.2, 0) is 0 Å². The standard InChI is InChI=1S/C11H13NOS/c1-7-6-14-10-4-12-9(8-2-3-8)5-13-11(7)10/h4,6,8-9H,2-3,5H2,1H3. The lowest BCUT2D eigenvalue weighted by Crippen LogP contribution is -2.16. The third-order valence-corrected chi connectivity index (χ3v) is 3.91. The molecule has 1 fully saturated rings. The molecule has 2 aliphatic rings. The highest BCUT2D eigenvalue weighted by atomic mass is 32.1. The smallest absolute Gasteiger partial charge is 0.141 e. The first-order valence-corrected chi connectivity index (χ1v) is 5.96. The van der Waals surface area contributed by atoms with E-state index < -0.39 is 0 Å². The van der Waals surface area contributed by atoms with Crippen molar-refractivity contribution >= 4 is 17.6 Å². The predicted octanol–water partition coefficient (Wildman–Crippen LogP) is 2.65. The van der Waals surface area contributed by atoms with Gasteiger partial charge in [-0.2, -0.15) is 0 Å². The van der Waals surface area contributed by atoms with Gasteiger partial charge >= 0.3 is 0 Å². The van der Waals surface area contributed by atoms with E-state index >= 15 is 0 Å². The molecule has 1 aliphatic carbocycles. The molecule has 1 unspecified atom stereocenters. The zero-order chi connectivity index (χ0) is 9.54. The number of hydrogen-bond acceptors (Lipinski definition) is 3. The topological polar surface area (TPSA) is 21.6 Å². The van der Waals surface area contributed by atoms with Gasteiger partial charge in [-0.25, -0.2) is 0 Å². The highest BCUT2D eigenvalue weighted by Crippen LogP contribution is 2.37. The molecule has 1 aromatic heterocycles. The zero-order valence-corrected chi connectivity index (χ0v) is 9.01. The Hall–Kier alpha value is -0.830. The predicted molar refractivity (Wildman–Crippen MR) is 58.7 cm³/mol. The van der Waals surface area contributed by atoms with Crippen molar-refractivity contribution in [3.63, 3.8) is 0 Å². The second-order valence-corrected chi connectivity index (χ2v) is 5.02. The van der Waals surface area contributed by atoms with Crippen LogP contribution in [0.5, 0.6) is 5.75 Å². The van der Waals surface area contributed by atoms with Crippen LogP contribution in [0.15, 0.2) is 10.4 Å². The highest BCUT2D eigenvalue weighted by molar-refractivity contribution is 7.12. The summed E-state index contributed by atoms with van der Waals surface area (Å²) in [6.45, 7) is 2.87. The Morgan fingerprint density at radius 2 is 2.36 bits per heavy atom. The van der Waals surface area contributed by atoms with Gasteiger partial charge in [-0.15, -0.1) is 11.3 Å². The average molecular weight is 207 g/mol. The molecule has 2 nitrogen and oxygen atoms in total. The lowest BCUT2D eigenvalue weighted by atomic mass is 10.2. The molecule has 1 atom stereocenters. The Bertz CT molecular complexity index is 379. The first-order valence-electron chi connectivity index (χ1n) is 5.08. The van der Waals surface area contributed by atoms with Gasteiger partial charge in [0.15, 0.2) is 0 Å². The van der Waals surface area contributed by atoms with Crippen molar-refractivity contribution in [2.75, 3.05) is 6.61 Å². The van der Waals surface area contributed by atoms with Gasteiger partial charge in [0.1, 0.15) is 12.4 Å². The first-order chi connectivity index (χ1) is 6.84. The number of thiophene rings is 1. The number of aryl methyl sites for hydroxylation is 1. The van der Waals surface area contributed by atoms with Gasteiger partial charge in [0.2, 0.25) is 0 Å². The summed E-state index contributed by atoms with van der Waals surface area (Å²) in [6, 6.07) is 0.411. The van der Waals surface area contributed by atoms with Crippen molar-refractivity contribution in [1.29, 1.82) is 0 Å². The fourth-order valence-corrected chi connectivity index (χ4v) is 2.70. The Morgan fingerprint density at radius 1 is 1.50 bits per heavy atom. The van der Waals surface area contributed by atoms with Crippen molar-refractivity contribution < 1.29 is 4.74 Å². The molecular formula is C11H13NOS. The lowest BCUT2D eigenvalue weighted by Gasteiger charge is -2.09. The number of ether oxygens (including phenoxy) is 1. The van der Waals surface area contributed by atoms with Gasteiger partial charge in [-0.1, -0.05) is 0 Å². The Labute approximate surface area is 87.6 Å². The lowest BCUT2D eigenvalue weighted by molar-refractivity contribution is 0.280. The molecule has 3 heteroatoms. The van der Waals surface area contributed by atoms with Crippen LogP contribution in [-0.4, -0.2) is 18.9 Å². The van der Waals surface area contributed by atoms with E-state index in [9.17, 15) is 0 Å². The summed E-state index contributed by atoms with van der Waals surface area (Å²) in [6.07, 6.45) is 4.67. The SMILES string of the molecule is Cc1csc2c1OCC(C1CC1)N=C2. The van der Waals surface area contributed by atoms with E-state index in [1.165, 1.54) is 23.3 Å².